The highest BCUT2D eigenvalue weighted by Gasteiger charge is 2.08. The zero-order valence-electron chi connectivity index (χ0n) is 8.57. The minimum Gasteiger partial charge on any atom is -0.345 e. The van der Waals surface area contributed by atoms with E-state index in [1.54, 1.807) is 5.38 Å². The molecular formula is C10H8FN3O2S. The number of thiazole rings is 1. The lowest BCUT2D eigenvalue weighted by molar-refractivity contribution is 0.0944. The molecule has 2 aromatic rings. The summed E-state index contributed by atoms with van der Waals surface area (Å²) < 4.78 is 12.8. The molecule has 0 unspecified atom stereocenters. The predicted octanol–water partition coefficient (Wildman–Crippen LogP) is 0.901. The molecule has 0 aliphatic rings. The van der Waals surface area contributed by atoms with E-state index in [0.29, 0.717) is 5.69 Å². The first-order valence-corrected chi connectivity index (χ1v) is 5.60. The molecule has 88 valence electrons. The third-order valence-corrected chi connectivity index (χ3v) is 2.68. The highest BCUT2D eigenvalue weighted by Crippen LogP contribution is 1.99. The molecule has 1 amide bonds. The Balaban J connectivity index is 2.00. The van der Waals surface area contributed by atoms with Crippen molar-refractivity contribution in [2.24, 2.45) is 0 Å². The summed E-state index contributed by atoms with van der Waals surface area (Å²) in [5, 5.41) is 4.14. The number of carbonyl (C=O) groups is 1. The van der Waals surface area contributed by atoms with Gasteiger partial charge in [0.1, 0.15) is 5.69 Å². The monoisotopic (exact) mass is 253 g/mol. The van der Waals surface area contributed by atoms with Crippen LogP contribution in [0.1, 0.15) is 16.2 Å². The van der Waals surface area contributed by atoms with Crippen LogP contribution in [0.25, 0.3) is 0 Å². The van der Waals surface area contributed by atoms with Gasteiger partial charge in [0, 0.05) is 11.1 Å². The maximum Gasteiger partial charge on any atom is 0.304 e. The molecule has 2 aromatic heterocycles. The Morgan fingerprint density at radius 2 is 2.35 bits per heavy atom. The molecule has 2 rings (SSSR count). The first-order valence-electron chi connectivity index (χ1n) is 4.72. The van der Waals surface area contributed by atoms with E-state index >= 15 is 0 Å². The lowest BCUT2D eigenvalue weighted by Crippen LogP contribution is -2.24. The van der Waals surface area contributed by atoms with Gasteiger partial charge < -0.3 is 10.3 Å². The van der Waals surface area contributed by atoms with Gasteiger partial charge in [-0.25, -0.2) is 4.98 Å². The Hall–Kier alpha value is -2.02. The van der Waals surface area contributed by atoms with E-state index in [1.807, 2.05) is 0 Å². The van der Waals surface area contributed by atoms with Gasteiger partial charge in [-0.2, -0.15) is 4.39 Å². The van der Waals surface area contributed by atoms with Crippen LogP contribution in [0, 0.1) is 5.95 Å². The van der Waals surface area contributed by atoms with E-state index in [1.165, 1.54) is 12.1 Å². The number of pyridine rings is 1. The molecule has 0 bridgehead atoms. The first kappa shape index (κ1) is 11.5. The van der Waals surface area contributed by atoms with Crippen molar-refractivity contribution in [3.8, 4) is 0 Å². The highest BCUT2D eigenvalue weighted by molar-refractivity contribution is 7.07. The number of amides is 1. The summed E-state index contributed by atoms with van der Waals surface area (Å²) in [4.78, 5) is 28.2. The lowest BCUT2D eigenvalue weighted by atomic mass is 10.3. The molecule has 0 radical (unpaired) electrons. The number of carbonyl (C=O) groups excluding carboxylic acids is 1. The summed E-state index contributed by atoms with van der Waals surface area (Å²) in [6, 6.07) is 3.98. The van der Waals surface area contributed by atoms with Crippen molar-refractivity contribution in [1.82, 2.24) is 15.3 Å². The number of halogens is 1. The zero-order valence-corrected chi connectivity index (χ0v) is 9.38. The van der Waals surface area contributed by atoms with E-state index in [-0.39, 0.29) is 17.1 Å². The molecule has 0 saturated carbocycles. The number of H-pyrrole nitrogens is 1. The largest absolute Gasteiger partial charge is 0.345 e. The average molecular weight is 253 g/mol. The summed E-state index contributed by atoms with van der Waals surface area (Å²) in [7, 11) is 0. The fraction of sp³-hybridized carbons (Fsp3) is 0.100. The molecule has 0 spiro atoms. The van der Waals surface area contributed by atoms with Crippen LogP contribution in [0.5, 0.6) is 0 Å². The average Bonchev–Trinajstić information content (AvgIpc) is 2.72. The molecule has 7 heteroatoms. The molecule has 0 aliphatic carbocycles. The Kier molecular flexibility index (Phi) is 3.29. The van der Waals surface area contributed by atoms with Gasteiger partial charge in [0.2, 0.25) is 5.95 Å². The number of rotatable bonds is 3. The van der Waals surface area contributed by atoms with Crippen molar-refractivity contribution in [3.05, 3.63) is 50.6 Å². The molecule has 5 nitrogen and oxygen atoms in total. The Bertz CT molecular complexity index is 593. The maximum atomic E-state index is 12.8. The number of aromatic amines is 1. The smallest absolute Gasteiger partial charge is 0.304 e. The van der Waals surface area contributed by atoms with Crippen molar-refractivity contribution in [3.63, 3.8) is 0 Å². The quantitative estimate of drug-likeness (QED) is 0.798. The Morgan fingerprint density at radius 3 is 3.00 bits per heavy atom. The number of nitrogens with one attached hydrogen (secondary N) is 2. The summed E-state index contributed by atoms with van der Waals surface area (Å²) in [5.74, 6) is -1.20. The molecule has 0 atom stereocenters. The Morgan fingerprint density at radius 1 is 1.53 bits per heavy atom. The minimum atomic E-state index is -0.707. The second kappa shape index (κ2) is 4.88. The maximum absolute atomic E-state index is 12.8. The summed E-state index contributed by atoms with van der Waals surface area (Å²) in [6.45, 7) is 0.176. The normalized spacial score (nSPS) is 10.2. The van der Waals surface area contributed by atoms with Gasteiger partial charge in [0.05, 0.1) is 6.54 Å². The van der Waals surface area contributed by atoms with Crippen LogP contribution < -0.4 is 10.2 Å². The van der Waals surface area contributed by atoms with Gasteiger partial charge in [-0.15, -0.1) is 0 Å². The van der Waals surface area contributed by atoms with Gasteiger partial charge in [0.15, 0.2) is 0 Å². The number of hydrogen-bond acceptors (Lipinski definition) is 4. The van der Waals surface area contributed by atoms with Crippen LogP contribution in [0.4, 0.5) is 4.39 Å². The molecule has 0 fully saturated rings. The van der Waals surface area contributed by atoms with Crippen molar-refractivity contribution >= 4 is 17.2 Å². The van der Waals surface area contributed by atoms with Crippen LogP contribution in [0.3, 0.4) is 0 Å². The summed E-state index contributed by atoms with van der Waals surface area (Å²) >= 11 is 1.02. The number of nitrogens with zero attached hydrogens (tertiary/aromatic N) is 1. The fourth-order valence-corrected chi connectivity index (χ4v) is 1.78. The SMILES string of the molecule is O=C(NCc1csc(=O)[nH]1)c1cccc(F)n1. The van der Waals surface area contributed by atoms with E-state index < -0.39 is 11.9 Å². The summed E-state index contributed by atoms with van der Waals surface area (Å²) in [6.07, 6.45) is 0. The van der Waals surface area contributed by atoms with Gasteiger partial charge in [0.25, 0.3) is 5.91 Å². The fourth-order valence-electron chi connectivity index (χ4n) is 1.20. The van der Waals surface area contributed by atoms with Crippen LogP contribution in [-0.2, 0) is 6.54 Å². The van der Waals surface area contributed by atoms with Gasteiger partial charge >= 0.3 is 4.87 Å². The number of aromatic nitrogens is 2. The standard InChI is InChI=1S/C10H8FN3O2S/c11-8-3-1-2-7(14-8)9(15)12-4-6-5-17-10(16)13-6/h1-3,5H,4H2,(H,12,15)(H,13,16). The third kappa shape index (κ3) is 2.97. The number of hydrogen-bond donors (Lipinski definition) is 2. The molecule has 2 heterocycles. The van der Waals surface area contributed by atoms with E-state index in [4.69, 9.17) is 0 Å². The minimum absolute atomic E-state index is 0.00239. The van der Waals surface area contributed by atoms with Gasteiger partial charge in [-0.3, -0.25) is 9.59 Å². The van der Waals surface area contributed by atoms with E-state index in [9.17, 15) is 14.0 Å². The third-order valence-electron chi connectivity index (χ3n) is 1.96. The van der Waals surface area contributed by atoms with Crippen LogP contribution >= 0.6 is 11.3 Å². The highest BCUT2D eigenvalue weighted by atomic mass is 32.1. The molecular weight excluding hydrogens is 245 g/mol. The van der Waals surface area contributed by atoms with Gasteiger partial charge in [-0.1, -0.05) is 17.4 Å². The zero-order chi connectivity index (χ0) is 12.3. The first-order chi connectivity index (χ1) is 8.15. The van der Waals surface area contributed by atoms with Crippen molar-refractivity contribution < 1.29 is 9.18 Å². The van der Waals surface area contributed by atoms with Crippen LogP contribution in [0.2, 0.25) is 0 Å². The topological polar surface area (TPSA) is 74.8 Å². The molecule has 2 N–H and O–H groups in total. The molecule has 0 aromatic carbocycles. The molecule has 17 heavy (non-hydrogen) atoms. The lowest BCUT2D eigenvalue weighted by Gasteiger charge is -2.02. The van der Waals surface area contributed by atoms with E-state index in [2.05, 4.69) is 15.3 Å². The van der Waals surface area contributed by atoms with Crippen molar-refractivity contribution in [2.45, 2.75) is 6.54 Å². The van der Waals surface area contributed by atoms with Crippen molar-refractivity contribution in [1.29, 1.82) is 0 Å². The van der Waals surface area contributed by atoms with Crippen LogP contribution in [-0.4, -0.2) is 15.9 Å². The van der Waals surface area contributed by atoms with E-state index in [0.717, 1.165) is 17.4 Å². The predicted molar refractivity (Wildman–Crippen MR) is 60.3 cm³/mol. The molecule has 0 aliphatic heterocycles. The second-order valence-corrected chi connectivity index (χ2v) is 4.04. The summed E-state index contributed by atoms with van der Waals surface area (Å²) in [5.41, 5.74) is 0.604. The van der Waals surface area contributed by atoms with Crippen molar-refractivity contribution in [2.75, 3.05) is 0 Å². The van der Waals surface area contributed by atoms with Crippen LogP contribution in [0.15, 0.2) is 28.4 Å². The van der Waals surface area contributed by atoms with Gasteiger partial charge in [-0.05, 0) is 12.1 Å². The second-order valence-electron chi connectivity index (χ2n) is 3.20. The Labute approximate surface area is 99.3 Å². The molecule has 0 saturated heterocycles.